The Hall–Kier alpha value is -2.55. The second-order valence-corrected chi connectivity index (χ2v) is 4.88. The quantitative estimate of drug-likeness (QED) is 0.594. The third-order valence-corrected chi connectivity index (χ3v) is 3.17. The standard InChI is InChI=1S/C19H21NO2/c1-2-13-20-14-6-15-22-18-11-9-17(10-12-18)19(21)16-7-4-3-5-8-16/h2-5,7-13,20H,6,14-15H2,1H3. The van der Waals surface area contributed by atoms with Crippen LogP contribution in [0.2, 0.25) is 0 Å². The van der Waals surface area contributed by atoms with Crippen LogP contribution in [0.1, 0.15) is 29.3 Å². The van der Waals surface area contributed by atoms with Crippen molar-refractivity contribution < 1.29 is 9.53 Å². The van der Waals surface area contributed by atoms with Crippen molar-refractivity contribution in [1.82, 2.24) is 5.32 Å². The Morgan fingerprint density at radius 1 is 1.05 bits per heavy atom. The Morgan fingerprint density at radius 3 is 2.41 bits per heavy atom. The molecule has 1 N–H and O–H groups in total. The van der Waals surface area contributed by atoms with Crippen molar-refractivity contribution in [3.63, 3.8) is 0 Å². The van der Waals surface area contributed by atoms with Crippen molar-refractivity contribution in [3.05, 3.63) is 78.0 Å². The lowest BCUT2D eigenvalue weighted by Gasteiger charge is -2.07. The lowest BCUT2D eigenvalue weighted by atomic mass is 10.0. The SMILES string of the molecule is CC=CNCCCOc1ccc(C(=O)c2ccccc2)cc1. The van der Waals surface area contributed by atoms with Gasteiger partial charge in [-0.3, -0.25) is 4.79 Å². The monoisotopic (exact) mass is 295 g/mol. The maximum Gasteiger partial charge on any atom is 0.193 e. The first-order chi connectivity index (χ1) is 10.8. The number of allylic oxidation sites excluding steroid dienone is 1. The van der Waals surface area contributed by atoms with Crippen molar-refractivity contribution in [2.24, 2.45) is 0 Å². The molecule has 3 nitrogen and oxygen atoms in total. The lowest BCUT2D eigenvalue weighted by Crippen LogP contribution is -2.10. The number of nitrogens with one attached hydrogen (secondary N) is 1. The predicted octanol–water partition coefficient (Wildman–Crippen LogP) is 3.81. The molecule has 0 bridgehead atoms. The number of benzene rings is 2. The molecule has 0 radical (unpaired) electrons. The molecule has 3 heteroatoms. The summed E-state index contributed by atoms with van der Waals surface area (Å²) in [5, 5.41) is 3.16. The Kier molecular flexibility index (Phi) is 6.24. The van der Waals surface area contributed by atoms with Crippen molar-refractivity contribution in [2.45, 2.75) is 13.3 Å². The smallest absolute Gasteiger partial charge is 0.193 e. The van der Waals surface area contributed by atoms with Crippen molar-refractivity contribution in [3.8, 4) is 5.75 Å². The van der Waals surface area contributed by atoms with Crippen LogP contribution in [-0.2, 0) is 0 Å². The lowest BCUT2D eigenvalue weighted by molar-refractivity contribution is 0.103. The van der Waals surface area contributed by atoms with Gasteiger partial charge in [-0.15, -0.1) is 0 Å². The molecule has 2 aromatic carbocycles. The van der Waals surface area contributed by atoms with Gasteiger partial charge in [0.1, 0.15) is 5.75 Å². The average molecular weight is 295 g/mol. The van der Waals surface area contributed by atoms with E-state index < -0.39 is 0 Å². The molecule has 0 amide bonds. The van der Waals surface area contributed by atoms with Crippen LogP contribution < -0.4 is 10.1 Å². The van der Waals surface area contributed by atoms with Crippen LogP contribution in [-0.4, -0.2) is 18.9 Å². The van der Waals surface area contributed by atoms with Crippen LogP contribution in [0.25, 0.3) is 0 Å². The van der Waals surface area contributed by atoms with Gasteiger partial charge in [0.25, 0.3) is 0 Å². The minimum absolute atomic E-state index is 0.0303. The summed E-state index contributed by atoms with van der Waals surface area (Å²) in [6.45, 7) is 3.51. The van der Waals surface area contributed by atoms with Gasteiger partial charge in [0, 0.05) is 17.7 Å². The Bertz CT molecular complexity index is 603. The molecule has 22 heavy (non-hydrogen) atoms. The second-order valence-electron chi connectivity index (χ2n) is 4.88. The predicted molar refractivity (Wildman–Crippen MR) is 89.2 cm³/mol. The van der Waals surface area contributed by atoms with Crippen molar-refractivity contribution in [2.75, 3.05) is 13.2 Å². The minimum Gasteiger partial charge on any atom is -0.494 e. The van der Waals surface area contributed by atoms with Crippen LogP contribution >= 0.6 is 0 Å². The molecular weight excluding hydrogens is 274 g/mol. The zero-order chi connectivity index (χ0) is 15.6. The highest BCUT2D eigenvalue weighted by Gasteiger charge is 2.08. The zero-order valence-electron chi connectivity index (χ0n) is 12.8. The second kappa shape index (κ2) is 8.67. The van der Waals surface area contributed by atoms with Gasteiger partial charge in [0.05, 0.1) is 6.61 Å². The maximum atomic E-state index is 12.3. The number of ether oxygens (including phenoxy) is 1. The third kappa shape index (κ3) is 4.77. The number of ketones is 1. The molecule has 2 aromatic rings. The van der Waals surface area contributed by atoms with Gasteiger partial charge in [-0.1, -0.05) is 36.4 Å². The topological polar surface area (TPSA) is 38.3 Å². The van der Waals surface area contributed by atoms with Gasteiger partial charge in [-0.25, -0.2) is 0 Å². The Morgan fingerprint density at radius 2 is 1.73 bits per heavy atom. The summed E-state index contributed by atoms with van der Waals surface area (Å²) >= 11 is 0. The summed E-state index contributed by atoms with van der Waals surface area (Å²) in [7, 11) is 0. The van der Waals surface area contributed by atoms with Gasteiger partial charge in [-0.2, -0.15) is 0 Å². The highest BCUT2D eigenvalue weighted by Crippen LogP contribution is 2.15. The summed E-state index contributed by atoms with van der Waals surface area (Å²) in [5.41, 5.74) is 1.37. The summed E-state index contributed by atoms with van der Waals surface area (Å²) in [6.07, 6.45) is 4.81. The first-order valence-corrected chi connectivity index (χ1v) is 7.48. The van der Waals surface area contributed by atoms with Crippen molar-refractivity contribution >= 4 is 5.78 Å². The first-order valence-electron chi connectivity index (χ1n) is 7.48. The first kappa shape index (κ1) is 15.8. The van der Waals surface area contributed by atoms with Crippen LogP contribution in [0.15, 0.2) is 66.9 Å². The highest BCUT2D eigenvalue weighted by atomic mass is 16.5. The molecular formula is C19H21NO2. The number of hydrogen-bond donors (Lipinski definition) is 1. The fourth-order valence-electron chi connectivity index (χ4n) is 2.02. The molecule has 2 rings (SSSR count). The molecule has 114 valence electrons. The molecule has 0 atom stereocenters. The molecule has 0 heterocycles. The molecule has 0 aliphatic rings. The largest absolute Gasteiger partial charge is 0.494 e. The van der Waals surface area contributed by atoms with Crippen molar-refractivity contribution in [1.29, 1.82) is 0 Å². The number of carbonyl (C=O) groups excluding carboxylic acids is 1. The molecule has 0 aliphatic carbocycles. The molecule has 0 aromatic heterocycles. The third-order valence-electron chi connectivity index (χ3n) is 3.17. The molecule has 0 spiro atoms. The van der Waals surface area contributed by atoms with Gasteiger partial charge in [0.2, 0.25) is 0 Å². The molecule has 0 saturated heterocycles. The Labute approximate surface area is 131 Å². The van der Waals surface area contributed by atoms with Gasteiger partial charge in [-0.05, 0) is 43.8 Å². The zero-order valence-corrected chi connectivity index (χ0v) is 12.8. The molecule has 0 aliphatic heterocycles. The van der Waals surface area contributed by atoms with Crippen LogP contribution in [0.4, 0.5) is 0 Å². The van der Waals surface area contributed by atoms with Crippen LogP contribution in [0.3, 0.4) is 0 Å². The van der Waals surface area contributed by atoms with Crippen LogP contribution in [0.5, 0.6) is 5.75 Å². The number of carbonyl (C=O) groups is 1. The number of rotatable bonds is 8. The van der Waals surface area contributed by atoms with E-state index >= 15 is 0 Å². The molecule has 0 fully saturated rings. The van der Waals surface area contributed by atoms with E-state index in [1.807, 2.05) is 73.8 Å². The minimum atomic E-state index is 0.0303. The highest BCUT2D eigenvalue weighted by molar-refractivity contribution is 6.08. The van der Waals surface area contributed by atoms with E-state index in [9.17, 15) is 4.79 Å². The van der Waals surface area contributed by atoms with E-state index in [0.29, 0.717) is 17.7 Å². The van der Waals surface area contributed by atoms with E-state index in [2.05, 4.69) is 5.32 Å². The number of hydrogen-bond acceptors (Lipinski definition) is 3. The van der Waals surface area contributed by atoms with Gasteiger partial charge >= 0.3 is 0 Å². The van der Waals surface area contributed by atoms with Gasteiger partial charge < -0.3 is 10.1 Å². The summed E-state index contributed by atoms with van der Waals surface area (Å²) in [4.78, 5) is 12.3. The van der Waals surface area contributed by atoms with E-state index in [0.717, 1.165) is 18.7 Å². The summed E-state index contributed by atoms with van der Waals surface area (Å²) < 4.78 is 5.65. The van der Waals surface area contributed by atoms with E-state index in [1.54, 1.807) is 0 Å². The van der Waals surface area contributed by atoms with Crippen LogP contribution in [0, 0.1) is 0 Å². The van der Waals surface area contributed by atoms with Gasteiger partial charge in [0.15, 0.2) is 5.78 Å². The van der Waals surface area contributed by atoms with E-state index in [4.69, 9.17) is 4.74 Å². The normalized spacial score (nSPS) is 10.6. The fourth-order valence-corrected chi connectivity index (χ4v) is 2.02. The average Bonchev–Trinajstić information content (AvgIpc) is 2.59. The maximum absolute atomic E-state index is 12.3. The Balaban J connectivity index is 1.84. The molecule has 0 saturated carbocycles. The van der Waals surface area contributed by atoms with E-state index in [-0.39, 0.29) is 5.78 Å². The van der Waals surface area contributed by atoms with E-state index in [1.165, 1.54) is 0 Å². The fraction of sp³-hybridized carbons (Fsp3) is 0.211. The summed E-state index contributed by atoms with van der Waals surface area (Å²) in [5.74, 6) is 0.818. The summed E-state index contributed by atoms with van der Waals surface area (Å²) in [6, 6.07) is 16.6. The molecule has 0 unspecified atom stereocenters.